The minimum absolute atomic E-state index is 0.249. The van der Waals surface area contributed by atoms with Crippen molar-refractivity contribution in [1.29, 1.82) is 5.26 Å². The van der Waals surface area contributed by atoms with Crippen LogP contribution in [0.2, 0.25) is 0 Å². The SMILES string of the molecule is CCc1cc2c(c3ccccc13)NC(=O)CC(=O)N2c1cccc(C#N)c1. The number of fused-ring (bicyclic) bond motifs is 3. The largest absolute Gasteiger partial charge is 0.323 e. The average molecular weight is 355 g/mol. The van der Waals surface area contributed by atoms with Gasteiger partial charge in [-0.3, -0.25) is 14.5 Å². The lowest BCUT2D eigenvalue weighted by molar-refractivity contribution is -0.124. The van der Waals surface area contributed by atoms with Crippen molar-refractivity contribution < 1.29 is 9.59 Å². The molecule has 27 heavy (non-hydrogen) atoms. The zero-order valence-electron chi connectivity index (χ0n) is 14.8. The Bertz CT molecular complexity index is 1130. The fourth-order valence-electron chi connectivity index (χ4n) is 3.57. The number of hydrogen-bond acceptors (Lipinski definition) is 3. The summed E-state index contributed by atoms with van der Waals surface area (Å²) in [5.74, 6) is -0.659. The van der Waals surface area contributed by atoms with Crippen molar-refractivity contribution in [3.05, 3.63) is 65.7 Å². The van der Waals surface area contributed by atoms with Crippen LogP contribution in [0.15, 0.2) is 54.6 Å². The predicted molar refractivity (Wildman–Crippen MR) is 105 cm³/mol. The van der Waals surface area contributed by atoms with E-state index in [0.29, 0.717) is 22.6 Å². The van der Waals surface area contributed by atoms with Gasteiger partial charge in [-0.05, 0) is 41.6 Å². The maximum atomic E-state index is 12.9. The normalized spacial score (nSPS) is 13.7. The summed E-state index contributed by atoms with van der Waals surface area (Å²) in [7, 11) is 0. The van der Waals surface area contributed by atoms with Crippen LogP contribution in [0, 0.1) is 11.3 Å². The highest BCUT2D eigenvalue weighted by Crippen LogP contribution is 2.41. The number of carbonyl (C=O) groups excluding carboxylic acids is 2. The Balaban J connectivity index is 2.05. The third-order valence-corrected chi connectivity index (χ3v) is 4.79. The molecule has 3 aromatic carbocycles. The van der Waals surface area contributed by atoms with Crippen LogP contribution < -0.4 is 10.2 Å². The van der Waals surface area contributed by atoms with Gasteiger partial charge in [0.05, 0.1) is 28.7 Å². The smallest absolute Gasteiger partial charge is 0.241 e. The molecule has 0 atom stereocenters. The molecule has 132 valence electrons. The maximum Gasteiger partial charge on any atom is 0.241 e. The lowest BCUT2D eigenvalue weighted by Crippen LogP contribution is -2.26. The second kappa shape index (κ2) is 6.58. The van der Waals surface area contributed by atoms with Crippen molar-refractivity contribution in [2.75, 3.05) is 10.2 Å². The fraction of sp³-hybridized carbons (Fsp3) is 0.136. The van der Waals surface area contributed by atoms with E-state index in [-0.39, 0.29) is 18.2 Å². The quantitative estimate of drug-likeness (QED) is 0.697. The minimum Gasteiger partial charge on any atom is -0.323 e. The van der Waals surface area contributed by atoms with Crippen molar-refractivity contribution in [1.82, 2.24) is 0 Å². The van der Waals surface area contributed by atoms with Crippen LogP contribution >= 0.6 is 0 Å². The molecule has 0 saturated heterocycles. The van der Waals surface area contributed by atoms with Crippen molar-refractivity contribution >= 4 is 39.6 Å². The van der Waals surface area contributed by atoms with Crippen LogP contribution in [0.3, 0.4) is 0 Å². The van der Waals surface area contributed by atoms with Gasteiger partial charge in [-0.15, -0.1) is 0 Å². The van der Waals surface area contributed by atoms with Crippen LogP contribution in [0.5, 0.6) is 0 Å². The summed E-state index contributed by atoms with van der Waals surface area (Å²) in [6.45, 7) is 2.06. The molecule has 1 heterocycles. The van der Waals surface area contributed by atoms with Crippen LogP contribution in [-0.4, -0.2) is 11.8 Å². The Hall–Kier alpha value is -3.65. The number of aryl methyl sites for hydroxylation is 1. The maximum absolute atomic E-state index is 12.9. The van der Waals surface area contributed by atoms with E-state index in [1.165, 1.54) is 0 Å². The van der Waals surface area contributed by atoms with Crippen LogP contribution in [0.25, 0.3) is 10.8 Å². The summed E-state index contributed by atoms with van der Waals surface area (Å²) in [5.41, 5.74) is 3.39. The summed E-state index contributed by atoms with van der Waals surface area (Å²) in [5, 5.41) is 14.1. The molecule has 0 saturated carbocycles. The van der Waals surface area contributed by atoms with E-state index in [2.05, 4.69) is 18.3 Å². The van der Waals surface area contributed by atoms with E-state index >= 15 is 0 Å². The number of anilines is 3. The first-order chi connectivity index (χ1) is 13.1. The number of hydrogen-bond donors (Lipinski definition) is 1. The van der Waals surface area contributed by atoms with Gasteiger partial charge in [-0.2, -0.15) is 5.26 Å². The Morgan fingerprint density at radius 3 is 2.59 bits per heavy atom. The molecule has 5 heteroatoms. The number of rotatable bonds is 2. The molecule has 0 bridgehead atoms. The summed E-state index contributed by atoms with van der Waals surface area (Å²) in [6, 6.07) is 18.8. The molecule has 0 unspecified atom stereocenters. The topological polar surface area (TPSA) is 73.2 Å². The zero-order valence-corrected chi connectivity index (χ0v) is 14.8. The number of nitriles is 1. The van der Waals surface area contributed by atoms with Gasteiger partial charge in [0.25, 0.3) is 0 Å². The second-order valence-corrected chi connectivity index (χ2v) is 6.45. The molecule has 5 nitrogen and oxygen atoms in total. The van der Waals surface area contributed by atoms with E-state index in [0.717, 1.165) is 22.8 Å². The third-order valence-electron chi connectivity index (χ3n) is 4.79. The summed E-state index contributed by atoms with van der Waals surface area (Å²) in [4.78, 5) is 26.8. The summed E-state index contributed by atoms with van der Waals surface area (Å²) < 4.78 is 0. The highest BCUT2D eigenvalue weighted by atomic mass is 16.2. The number of nitrogens with zero attached hydrogens (tertiary/aromatic N) is 2. The molecule has 0 fully saturated rings. The zero-order chi connectivity index (χ0) is 19.0. The Morgan fingerprint density at radius 2 is 1.85 bits per heavy atom. The number of benzene rings is 3. The first-order valence-corrected chi connectivity index (χ1v) is 8.80. The van der Waals surface area contributed by atoms with E-state index in [9.17, 15) is 14.9 Å². The van der Waals surface area contributed by atoms with Gasteiger partial charge >= 0.3 is 0 Å². The van der Waals surface area contributed by atoms with Gasteiger partial charge in [0.1, 0.15) is 6.42 Å². The molecular formula is C22H17N3O2. The number of amides is 2. The predicted octanol–water partition coefficient (Wildman–Crippen LogP) is 4.28. The van der Waals surface area contributed by atoms with Gasteiger partial charge in [0, 0.05) is 5.39 Å². The standard InChI is InChI=1S/C22H17N3O2/c1-2-15-11-19-22(18-9-4-3-8-17(15)18)24-20(26)12-21(27)25(19)16-7-5-6-14(10-16)13-23/h3-11H,2,12H2,1H3,(H,24,26). The van der Waals surface area contributed by atoms with Gasteiger partial charge in [-0.25, -0.2) is 0 Å². The Morgan fingerprint density at radius 1 is 1.07 bits per heavy atom. The molecule has 0 radical (unpaired) electrons. The lowest BCUT2D eigenvalue weighted by Gasteiger charge is -2.24. The van der Waals surface area contributed by atoms with E-state index in [4.69, 9.17) is 0 Å². The van der Waals surface area contributed by atoms with Crippen LogP contribution in [0.4, 0.5) is 17.1 Å². The second-order valence-electron chi connectivity index (χ2n) is 6.45. The molecule has 1 N–H and O–H groups in total. The monoisotopic (exact) mass is 355 g/mol. The van der Waals surface area contributed by atoms with Gasteiger partial charge in [0.2, 0.25) is 11.8 Å². The van der Waals surface area contributed by atoms with Crippen LogP contribution in [0.1, 0.15) is 24.5 Å². The molecule has 1 aliphatic heterocycles. The van der Waals surface area contributed by atoms with E-state index in [1.807, 2.05) is 30.3 Å². The fourth-order valence-corrected chi connectivity index (χ4v) is 3.57. The Labute approximate surface area is 156 Å². The molecule has 2 amide bonds. The highest BCUT2D eigenvalue weighted by molar-refractivity contribution is 6.21. The van der Waals surface area contributed by atoms with E-state index in [1.54, 1.807) is 29.2 Å². The van der Waals surface area contributed by atoms with Crippen molar-refractivity contribution in [3.8, 4) is 6.07 Å². The Kier molecular flexibility index (Phi) is 4.09. The first-order valence-electron chi connectivity index (χ1n) is 8.80. The molecule has 0 aromatic heterocycles. The number of carbonyl (C=O) groups is 2. The molecular weight excluding hydrogens is 338 g/mol. The van der Waals surface area contributed by atoms with Crippen molar-refractivity contribution in [3.63, 3.8) is 0 Å². The summed E-state index contributed by atoms with van der Waals surface area (Å²) in [6.07, 6.45) is 0.545. The molecule has 4 rings (SSSR count). The average Bonchev–Trinajstić information content (AvgIpc) is 2.82. The summed E-state index contributed by atoms with van der Waals surface area (Å²) >= 11 is 0. The molecule has 0 aliphatic carbocycles. The van der Waals surface area contributed by atoms with Gasteiger partial charge in [0.15, 0.2) is 0 Å². The molecule has 3 aromatic rings. The van der Waals surface area contributed by atoms with Gasteiger partial charge in [-0.1, -0.05) is 37.3 Å². The van der Waals surface area contributed by atoms with E-state index < -0.39 is 0 Å². The molecule has 0 spiro atoms. The number of nitrogens with one attached hydrogen (secondary N) is 1. The van der Waals surface area contributed by atoms with Gasteiger partial charge < -0.3 is 5.32 Å². The molecule has 1 aliphatic rings. The third kappa shape index (κ3) is 2.81. The lowest BCUT2D eigenvalue weighted by atomic mass is 9.98. The minimum atomic E-state index is -0.338. The van der Waals surface area contributed by atoms with Crippen molar-refractivity contribution in [2.45, 2.75) is 19.8 Å². The first kappa shape index (κ1) is 16.8. The highest BCUT2D eigenvalue weighted by Gasteiger charge is 2.29. The van der Waals surface area contributed by atoms with Crippen molar-refractivity contribution in [2.24, 2.45) is 0 Å². The van der Waals surface area contributed by atoms with Crippen LogP contribution in [-0.2, 0) is 16.0 Å².